The van der Waals surface area contributed by atoms with Crippen LogP contribution in [-0.4, -0.2) is 4.98 Å². The molecular weight excluding hydrogens is 184 g/mol. The Labute approximate surface area is 89.8 Å². The van der Waals surface area contributed by atoms with Gasteiger partial charge < -0.3 is 5.73 Å². The Bertz CT molecular complexity index is 490. The normalized spacial score (nSPS) is 10.3. The molecule has 2 N–H and O–H groups in total. The number of nitrogens with two attached hydrogens (primary N) is 1. The second kappa shape index (κ2) is 3.73. The van der Waals surface area contributed by atoms with Crippen LogP contribution in [0.5, 0.6) is 0 Å². The largest absolute Gasteiger partial charge is 0.398 e. The molecule has 2 nitrogen and oxygen atoms in total. The van der Waals surface area contributed by atoms with Crippen molar-refractivity contribution in [2.45, 2.75) is 13.8 Å². The van der Waals surface area contributed by atoms with E-state index in [-0.39, 0.29) is 0 Å². The molecule has 0 aliphatic carbocycles. The first-order valence-electron chi connectivity index (χ1n) is 4.96. The zero-order chi connectivity index (χ0) is 10.8. The zero-order valence-electron chi connectivity index (χ0n) is 8.99. The number of nitrogens with zero attached hydrogens (tertiary/aromatic N) is 1. The summed E-state index contributed by atoms with van der Waals surface area (Å²) in [4.78, 5) is 4.27. The summed E-state index contributed by atoms with van der Waals surface area (Å²) in [6.07, 6.45) is 1.80. The van der Waals surface area contributed by atoms with E-state index in [1.165, 1.54) is 5.56 Å². The Morgan fingerprint density at radius 3 is 2.60 bits per heavy atom. The summed E-state index contributed by atoms with van der Waals surface area (Å²) in [7, 11) is 0. The van der Waals surface area contributed by atoms with Crippen LogP contribution in [0.3, 0.4) is 0 Å². The third kappa shape index (κ3) is 1.84. The first-order chi connectivity index (χ1) is 7.18. The van der Waals surface area contributed by atoms with Crippen LogP contribution in [0, 0.1) is 13.8 Å². The lowest BCUT2D eigenvalue weighted by Crippen LogP contribution is -1.93. The van der Waals surface area contributed by atoms with Gasteiger partial charge in [-0.2, -0.15) is 0 Å². The number of rotatable bonds is 1. The van der Waals surface area contributed by atoms with Crippen LogP contribution in [0.15, 0.2) is 36.5 Å². The molecule has 1 aromatic heterocycles. The van der Waals surface area contributed by atoms with E-state index in [0.29, 0.717) is 0 Å². The van der Waals surface area contributed by atoms with Gasteiger partial charge in [-0.3, -0.25) is 4.98 Å². The molecule has 0 bridgehead atoms. The highest BCUT2D eigenvalue weighted by Gasteiger charge is 2.05. The standard InChI is InChI=1S/C13H14N2/c1-9-5-6-13(14)12(8-9)11-4-3-7-15-10(11)2/h3-8H,14H2,1-2H3. The van der Waals surface area contributed by atoms with Crippen molar-refractivity contribution in [3.05, 3.63) is 47.8 Å². The van der Waals surface area contributed by atoms with Crippen molar-refractivity contribution in [3.63, 3.8) is 0 Å². The van der Waals surface area contributed by atoms with Crippen molar-refractivity contribution in [2.24, 2.45) is 0 Å². The molecule has 0 saturated heterocycles. The molecule has 2 aromatic rings. The highest BCUT2D eigenvalue weighted by Crippen LogP contribution is 2.28. The lowest BCUT2D eigenvalue weighted by molar-refractivity contribution is 1.20. The van der Waals surface area contributed by atoms with Crippen molar-refractivity contribution < 1.29 is 0 Å². The minimum atomic E-state index is 0.803. The van der Waals surface area contributed by atoms with Crippen LogP contribution in [0.1, 0.15) is 11.3 Å². The van der Waals surface area contributed by atoms with Crippen LogP contribution in [-0.2, 0) is 0 Å². The summed E-state index contributed by atoms with van der Waals surface area (Å²) in [6, 6.07) is 10.0. The summed E-state index contributed by atoms with van der Waals surface area (Å²) in [5.41, 5.74) is 11.2. The second-order valence-electron chi connectivity index (χ2n) is 3.73. The number of aromatic nitrogens is 1. The molecule has 1 heterocycles. The summed E-state index contributed by atoms with van der Waals surface area (Å²) < 4.78 is 0. The fourth-order valence-electron chi connectivity index (χ4n) is 1.67. The third-order valence-electron chi connectivity index (χ3n) is 2.51. The van der Waals surface area contributed by atoms with E-state index in [2.05, 4.69) is 18.0 Å². The SMILES string of the molecule is Cc1ccc(N)c(-c2cccnc2C)c1. The maximum atomic E-state index is 5.96. The number of nitrogen functional groups attached to an aromatic ring is 1. The molecule has 15 heavy (non-hydrogen) atoms. The van der Waals surface area contributed by atoms with Crippen molar-refractivity contribution in [1.82, 2.24) is 4.98 Å². The van der Waals surface area contributed by atoms with E-state index in [1.807, 2.05) is 31.2 Å². The minimum absolute atomic E-state index is 0.803. The smallest absolute Gasteiger partial charge is 0.0451 e. The lowest BCUT2D eigenvalue weighted by Gasteiger charge is -2.08. The molecule has 0 atom stereocenters. The Hall–Kier alpha value is -1.83. The van der Waals surface area contributed by atoms with E-state index in [1.54, 1.807) is 6.20 Å². The first-order valence-corrected chi connectivity index (χ1v) is 4.96. The zero-order valence-corrected chi connectivity index (χ0v) is 8.99. The molecule has 1 aromatic carbocycles. The molecule has 76 valence electrons. The Kier molecular flexibility index (Phi) is 2.42. The number of benzene rings is 1. The molecule has 0 spiro atoms. The molecule has 0 fully saturated rings. The number of pyridine rings is 1. The Morgan fingerprint density at radius 1 is 1.07 bits per heavy atom. The maximum Gasteiger partial charge on any atom is 0.0451 e. The molecule has 0 radical (unpaired) electrons. The van der Waals surface area contributed by atoms with Crippen LogP contribution in [0.4, 0.5) is 5.69 Å². The molecule has 2 heteroatoms. The van der Waals surface area contributed by atoms with Crippen LogP contribution in [0.2, 0.25) is 0 Å². The topological polar surface area (TPSA) is 38.9 Å². The van der Waals surface area contributed by atoms with Gasteiger partial charge >= 0.3 is 0 Å². The first kappa shape index (κ1) is 9.71. The number of hydrogen-bond donors (Lipinski definition) is 1. The molecule has 0 unspecified atom stereocenters. The van der Waals surface area contributed by atoms with Gasteiger partial charge in [-0.05, 0) is 32.0 Å². The van der Waals surface area contributed by atoms with Gasteiger partial charge in [0.25, 0.3) is 0 Å². The predicted molar refractivity (Wildman–Crippen MR) is 63.6 cm³/mol. The summed E-state index contributed by atoms with van der Waals surface area (Å²) >= 11 is 0. The van der Waals surface area contributed by atoms with E-state index in [0.717, 1.165) is 22.5 Å². The van der Waals surface area contributed by atoms with Gasteiger partial charge in [0.1, 0.15) is 0 Å². The lowest BCUT2D eigenvalue weighted by atomic mass is 10.0. The third-order valence-corrected chi connectivity index (χ3v) is 2.51. The number of aryl methyl sites for hydroxylation is 2. The van der Waals surface area contributed by atoms with Crippen molar-refractivity contribution in [1.29, 1.82) is 0 Å². The van der Waals surface area contributed by atoms with Gasteiger partial charge in [-0.25, -0.2) is 0 Å². The molecule has 2 rings (SSSR count). The van der Waals surface area contributed by atoms with E-state index < -0.39 is 0 Å². The van der Waals surface area contributed by atoms with Gasteiger partial charge in [0, 0.05) is 28.7 Å². The summed E-state index contributed by atoms with van der Waals surface area (Å²) in [6.45, 7) is 4.06. The van der Waals surface area contributed by atoms with Crippen molar-refractivity contribution >= 4 is 5.69 Å². The summed E-state index contributed by atoms with van der Waals surface area (Å²) in [5, 5.41) is 0. The second-order valence-corrected chi connectivity index (χ2v) is 3.73. The maximum absolute atomic E-state index is 5.96. The Balaban J connectivity index is 2.64. The van der Waals surface area contributed by atoms with E-state index in [9.17, 15) is 0 Å². The van der Waals surface area contributed by atoms with Gasteiger partial charge in [-0.1, -0.05) is 17.7 Å². The molecule has 0 aliphatic rings. The fraction of sp³-hybridized carbons (Fsp3) is 0.154. The van der Waals surface area contributed by atoms with Gasteiger partial charge in [-0.15, -0.1) is 0 Å². The molecule has 0 saturated carbocycles. The highest BCUT2D eigenvalue weighted by atomic mass is 14.7. The van der Waals surface area contributed by atoms with Gasteiger partial charge in [0.15, 0.2) is 0 Å². The quantitative estimate of drug-likeness (QED) is 0.715. The van der Waals surface area contributed by atoms with Gasteiger partial charge in [0.2, 0.25) is 0 Å². The average Bonchev–Trinajstić information content (AvgIpc) is 2.23. The van der Waals surface area contributed by atoms with Crippen LogP contribution in [0.25, 0.3) is 11.1 Å². The van der Waals surface area contributed by atoms with Gasteiger partial charge in [0.05, 0.1) is 0 Å². The molecule has 0 amide bonds. The van der Waals surface area contributed by atoms with E-state index in [4.69, 9.17) is 5.73 Å². The average molecular weight is 198 g/mol. The fourth-order valence-corrected chi connectivity index (χ4v) is 1.67. The monoisotopic (exact) mass is 198 g/mol. The molecular formula is C13H14N2. The Morgan fingerprint density at radius 2 is 1.87 bits per heavy atom. The summed E-state index contributed by atoms with van der Waals surface area (Å²) in [5.74, 6) is 0. The number of hydrogen-bond acceptors (Lipinski definition) is 2. The predicted octanol–water partition coefficient (Wildman–Crippen LogP) is 2.95. The number of anilines is 1. The van der Waals surface area contributed by atoms with Crippen molar-refractivity contribution in [2.75, 3.05) is 5.73 Å². The minimum Gasteiger partial charge on any atom is -0.398 e. The van der Waals surface area contributed by atoms with Crippen LogP contribution >= 0.6 is 0 Å². The molecule has 0 aliphatic heterocycles. The van der Waals surface area contributed by atoms with Crippen LogP contribution < -0.4 is 5.73 Å². The highest BCUT2D eigenvalue weighted by molar-refractivity contribution is 5.78. The van der Waals surface area contributed by atoms with Crippen molar-refractivity contribution in [3.8, 4) is 11.1 Å². The van der Waals surface area contributed by atoms with E-state index >= 15 is 0 Å².